The molecule has 0 bridgehead atoms. The van der Waals surface area contributed by atoms with Gasteiger partial charge in [0.25, 0.3) is 0 Å². The number of nitrogens with zero attached hydrogens (tertiary/aromatic N) is 2. The highest BCUT2D eigenvalue weighted by molar-refractivity contribution is 8.03. The smallest absolute Gasteiger partial charge is 0.353 e. The maximum atomic E-state index is 13.1. The van der Waals surface area contributed by atoms with Gasteiger partial charge in [-0.3, -0.25) is 0 Å². The molecule has 1 aromatic heterocycles. The van der Waals surface area contributed by atoms with Crippen molar-refractivity contribution < 1.29 is 18.8 Å². The Morgan fingerprint density at radius 2 is 2.14 bits per heavy atom. The molecule has 0 amide bonds. The molecule has 0 saturated carbocycles. The van der Waals surface area contributed by atoms with E-state index in [0.717, 1.165) is 5.56 Å². The van der Waals surface area contributed by atoms with Crippen molar-refractivity contribution in [2.24, 2.45) is 0 Å². The number of aliphatic carboxylic acids is 1. The lowest BCUT2D eigenvalue weighted by Crippen LogP contribution is -2.26. The fourth-order valence-electron chi connectivity index (χ4n) is 2.23. The highest BCUT2D eigenvalue weighted by Crippen LogP contribution is 2.49. The second kappa shape index (κ2) is 5.25. The van der Waals surface area contributed by atoms with Gasteiger partial charge in [0.15, 0.2) is 0 Å². The molecule has 0 aliphatic carbocycles. The number of halogens is 1. The first kappa shape index (κ1) is 13.7. The number of benzene rings is 1. The number of rotatable bonds is 3. The summed E-state index contributed by atoms with van der Waals surface area (Å²) < 4.78 is 17.9. The van der Waals surface area contributed by atoms with E-state index in [0.29, 0.717) is 10.6 Å². The van der Waals surface area contributed by atoms with E-state index < -0.39 is 5.97 Å². The van der Waals surface area contributed by atoms with Crippen LogP contribution >= 0.6 is 11.8 Å². The van der Waals surface area contributed by atoms with Crippen LogP contribution in [0.4, 0.5) is 10.1 Å². The molecule has 0 spiro atoms. The van der Waals surface area contributed by atoms with Gasteiger partial charge in [0.2, 0.25) is 0 Å². The van der Waals surface area contributed by atoms with Gasteiger partial charge in [-0.2, -0.15) is 0 Å². The highest BCUT2D eigenvalue weighted by Gasteiger charge is 2.37. The Morgan fingerprint density at radius 1 is 1.43 bits per heavy atom. The van der Waals surface area contributed by atoms with E-state index in [4.69, 9.17) is 4.52 Å². The summed E-state index contributed by atoms with van der Waals surface area (Å²) in [6, 6.07) is 5.71. The number of carbonyl (C=O) groups is 1. The molecule has 7 heteroatoms. The van der Waals surface area contributed by atoms with E-state index in [1.54, 1.807) is 30.2 Å². The Labute approximate surface area is 124 Å². The summed E-state index contributed by atoms with van der Waals surface area (Å²) in [7, 11) is 0. The van der Waals surface area contributed by atoms with Crippen LogP contribution in [0.3, 0.4) is 0 Å². The Morgan fingerprint density at radius 3 is 2.71 bits per heavy atom. The predicted octanol–water partition coefficient (Wildman–Crippen LogP) is 3.38. The van der Waals surface area contributed by atoms with Gasteiger partial charge >= 0.3 is 5.97 Å². The summed E-state index contributed by atoms with van der Waals surface area (Å²) in [4.78, 5) is 13.9. The van der Waals surface area contributed by atoms with E-state index in [-0.39, 0.29) is 16.9 Å². The van der Waals surface area contributed by atoms with Gasteiger partial charge in [-0.05, 0) is 31.2 Å². The van der Waals surface area contributed by atoms with Gasteiger partial charge in [-0.1, -0.05) is 16.9 Å². The minimum absolute atomic E-state index is 0.179. The molecule has 1 aliphatic rings. The zero-order valence-corrected chi connectivity index (χ0v) is 11.8. The molecule has 21 heavy (non-hydrogen) atoms. The second-order valence-electron chi connectivity index (χ2n) is 4.48. The fourth-order valence-corrected chi connectivity index (χ4v) is 3.45. The quantitative estimate of drug-likeness (QED) is 0.937. The van der Waals surface area contributed by atoms with Crippen molar-refractivity contribution in [3.05, 3.63) is 58.7 Å². The molecule has 1 N–H and O–H groups in total. The maximum Gasteiger partial charge on any atom is 0.353 e. The van der Waals surface area contributed by atoms with Crippen molar-refractivity contribution in [1.29, 1.82) is 0 Å². The Bertz CT molecular complexity index is 698. The third-order valence-corrected chi connectivity index (χ3v) is 4.39. The van der Waals surface area contributed by atoms with Crippen LogP contribution in [0.5, 0.6) is 0 Å². The fraction of sp³-hybridized carbons (Fsp3) is 0.143. The van der Waals surface area contributed by atoms with Gasteiger partial charge < -0.3 is 14.5 Å². The number of thioether (sulfide) groups is 1. The zero-order chi connectivity index (χ0) is 15.0. The van der Waals surface area contributed by atoms with Crippen molar-refractivity contribution in [1.82, 2.24) is 5.16 Å². The molecule has 3 rings (SSSR count). The average molecular weight is 306 g/mol. The lowest BCUT2D eigenvalue weighted by molar-refractivity contribution is -0.132. The number of hydrogen-bond acceptors (Lipinski definition) is 5. The van der Waals surface area contributed by atoms with E-state index in [9.17, 15) is 14.3 Å². The largest absolute Gasteiger partial charge is 0.477 e. The molecule has 2 aromatic rings. The summed E-state index contributed by atoms with van der Waals surface area (Å²) >= 11 is 1.40. The molecule has 1 aliphatic heterocycles. The molecular weight excluding hydrogens is 295 g/mol. The molecular formula is C14H11FN2O3S. The summed E-state index contributed by atoms with van der Waals surface area (Å²) in [5.74, 6) is -1.40. The molecule has 0 radical (unpaired) electrons. The SMILES string of the molecule is CC1=C(C(=O)O)N(c2ccc(F)cc2)C(c2cnoc2)S1. The summed E-state index contributed by atoms with van der Waals surface area (Å²) in [6.45, 7) is 1.75. The summed E-state index contributed by atoms with van der Waals surface area (Å²) in [5.41, 5.74) is 1.53. The topological polar surface area (TPSA) is 66.6 Å². The van der Waals surface area contributed by atoms with Crippen LogP contribution in [-0.4, -0.2) is 16.2 Å². The van der Waals surface area contributed by atoms with Crippen LogP contribution in [0, 0.1) is 5.82 Å². The second-order valence-corrected chi connectivity index (χ2v) is 5.78. The van der Waals surface area contributed by atoms with E-state index in [1.807, 2.05) is 0 Å². The highest BCUT2D eigenvalue weighted by atomic mass is 32.2. The van der Waals surface area contributed by atoms with Crippen LogP contribution < -0.4 is 4.90 Å². The standard InChI is InChI=1S/C14H11FN2O3S/c1-8-12(14(18)19)17(11-4-2-10(15)3-5-11)13(21-8)9-6-16-20-7-9/h2-7,13H,1H3,(H,18,19). The number of hydrogen-bond donors (Lipinski definition) is 1. The number of carboxylic acid groups (broad SMARTS) is 1. The van der Waals surface area contributed by atoms with Crippen molar-refractivity contribution >= 4 is 23.4 Å². The first-order chi connectivity index (χ1) is 10.1. The predicted molar refractivity (Wildman–Crippen MR) is 76.0 cm³/mol. The molecule has 2 heterocycles. The molecule has 108 valence electrons. The van der Waals surface area contributed by atoms with Crippen LogP contribution in [0.2, 0.25) is 0 Å². The van der Waals surface area contributed by atoms with Gasteiger partial charge in [0.1, 0.15) is 23.2 Å². The van der Waals surface area contributed by atoms with Crippen LogP contribution in [0.25, 0.3) is 0 Å². The third-order valence-electron chi connectivity index (χ3n) is 3.14. The zero-order valence-electron chi connectivity index (χ0n) is 11.0. The number of carboxylic acids is 1. The van der Waals surface area contributed by atoms with Crippen molar-refractivity contribution in [3.63, 3.8) is 0 Å². The van der Waals surface area contributed by atoms with Crippen molar-refractivity contribution in [2.75, 3.05) is 4.90 Å². The maximum absolute atomic E-state index is 13.1. The molecule has 1 atom stereocenters. The van der Waals surface area contributed by atoms with Crippen LogP contribution in [0.15, 0.2) is 51.9 Å². The van der Waals surface area contributed by atoms with E-state index >= 15 is 0 Å². The lowest BCUT2D eigenvalue weighted by Gasteiger charge is -2.26. The molecule has 0 saturated heterocycles. The minimum Gasteiger partial charge on any atom is -0.477 e. The van der Waals surface area contributed by atoms with Gasteiger partial charge in [-0.25, -0.2) is 9.18 Å². The van der Waals surface area contributed by atoms with Gasteiger partial charge in [0, 0.05) is 16.2 Å². The van der Waals surface area contributed by atoms with E-state index in [2.05, 4.69) is 5.16 Å². The van der Waals surface area contributed by atoms with Gasteiger partial charge in [-0.15, -0.1) is 0 Å². The molecule has 1 unspecified atom stereocenters. The number of allylic oxidation sites excluding steroid dienone is 1. The average Bonchev–Trinajstić information content (AvgIpc) is 3.06. The van der Waals surface area contributed by atoms with Crippen LogP contribution in [-0.2, 0) is 4.79 Å². The van der Waals surface area contributed by atoms with Crippen molar-refractivity contribution in [2.45, 2.75) is 12.3 Å². The summed E-state index contributed by atoms with van der Waals surface area (Å²) in [6.07, 6.45) is 3.03. The normalized spacial score (nSPS) is 18.4. The van der Waals surface area contributed by atoms with Crippen LogP contribution in [0.1, 0.15) is 17.9 Å². The Hall–Kier alpha value is -2.28. The molecule has 1 aromatic carbocycles. The van der Waals surface area contributed by atoms with Crippen molar-refractivity contribution in [3.8, 4) is 0 Å². The monoisotopic (exact) mass is 306 g/mol. The number of aromatic nitrogens is 1. The molecule has 5 nitrogen and oxygen atoms in total. The Balaban J connectivity index is 2.08. The van der Waals surface area contributed by atoms with Gasteiger partial charge in [0.05, 0.1) is 6.20 Å². The third kappa shape index (κ3) is 2.40. The lowest BCUT2D eigenvalue weighted by atomic mass is 10.2. The minimum atomic E-state index is -1.02. The first-order valence-electron chi connectivity index (χ1n) is 6.13. The summed E-state index contributed by atoms with van der Waals surface area (Å²) in [5, 5.41) is 12.8. The number of anilines is 1. The Kier molecular flexibility index (Phi) is 3.42. The first-order valence-corrected chi connectivity index (χ1v) is 7.01. The molecule has 0 fully saturated rings. The van der Waals surface area contributed by atoms with E-state index in [1.165, 1.54) is 30.2 Å².